The molecule has 0 aliphatic heterocycles. The predicted molar refractivity (Wildman–Crippen MR) is 115 cm³/mol. The van der Waals surface area contributed by atoms with E-state index in [2.05, 4.69) is 19.2 Å². The number of hydrogen-bond acceptors (Lipinski definition) is 6. The summed E-state index contributed by atoms with van der Waals surface area (Å²) in [5, 5.41) is 2.69. The minimum absolute atomic E-state index is 0.385. The Hall–Kier alpha value is -3.48. The SMILES string of the molecule is COc1cc(C=CC(=O)OCC(=O)Nc2ccc(C(C)C)cc2)cc(OC)c1OC. The van der Waals surface area contributed by atoms with Crippen molar-refractivity contribution >= 4 is 23.6 Å². The molecule has 0 unspecified atom stereocenters. The van der Waals surface area contributed by atoms with Crippen LogP contribution in [0, 0.1) is 0 Å². The van der Waals surface area contributed by atoms with Crippen molar-refractivity contribution in [3.63, 3.8) is 0 Å². The summed E-state index contributed by atoms with van der Waals surface area (Å²) in [6, 6.07) is 10.9. The highest BCUT2D eigenvalue weighted by Gasteiger charge is 2.12. The number of methoxy groups -OCH3 is 3. The van der Waals surface area contributed by atoms with Gasteiger partial charge in [-0.05, 0) is 47.4 Å². The van der Waals surface area contributed by atoms with E-state index in [1.54, 1.807) is 12.1 Å². The fourth-order valence-electron chi connectivity index (χ4n) is 2.70. The number of benzene rings is 2. The van der Waals surface area contributed by atoms with Crippen molar-refractivity contribution in [3.05, 3.63) is 53.6 Å². The van der Waals surface area contributed by atoms with Crippen LogP contribution in [0.3, 0.4) is 0 Å². The molecule has 0 radical (unpaired) electrons. The Balaban J connectivity index is 1.92. The third kappa shape index (κ3) is 6.27. The highest BCUT2D eigenvalue weighted by Crippen LogP contribution is 2.38. The minimum Gasteiger partial charge on any atom is -0.493 e. The van der Waals surface area contributed by atoms with Gasteiger partial charge in [0.1, 0.15) is 0 Å². The van der Waals surface area contributed by atoms with Gasteiger partial charge in [-0.3, -0.25) is 4.79 Å². The Morgan fingerprint density at radius 1 is 0.967 bits per heavy atom. The van der Waals surface area contributed by atoms with Gasteiger partial charge in [-0.15, -0.1) is 0 Å². The molecule has 0 fully saturated rings. The Kier molecular flexibility index (Phi) is 8.29. The Morgan fingerprint density at radius 3 is 2.07 bits per heavy atom. The Morgan fingerprint density at radius 2 is 1.57 bits per heavy atom. The normalized spacial score (nSPS) is 10.7. The molecule has 0 bridgehead atoms. The van der Waals surface area contributed by atoms with Crippen LogP contribution in [-0.4, -0.2) is 39.8 Å². The first-order valence-electron chi connectivity index (χ1n) is 9.42. The van der Waals surface area contributed by atoms with Crippen molar-refractivity contribution in [3.8, 4) is 17.2 Å². The smallest absolute Gasteiger partial charge is 0.331 e. The maximum Gasteiger partial charge on any atom is 0.331 e. The van der Waals surface area contributed by atoms with Crippen LogP contribution in [0.4, 0.5) is 5.69 Å². The van der Waals surface area contributed by atoms with Gasteiger partial charge < -0.3 is 24.3 Å². The molecular weight excluding hydrogens is 386 g/mol. The number of rotatable bonds is 9. The maximum atomic E-state index is 12.0. The third-order valence-corrected chi connectivity index (χ3v) is 4.31. The summed E-state index contributed by atoms with van der Waals surface area (Å²) in [6.07, 6.45) is 2.76. The second kappa shape index (κ2) is 10.9. The molecule has 7 nitrogen and oxygen atoms in total. The number of anilines is 1. The van der Waals surface area contributed by atoms with Crippen molar-refractivity contribution in [1.82, 2.24) is 0 Å². The van der Waals surface area contributed by atoms with Gasteiger partial charge in [-0.2, -0.15) is 0 Å². The van der Waals surface area contributed by atoms with Crippen molar-refractivity contribution in [1.29, 1.82) is 0 Å². The predicted octanol–water partition coefficient (Wildman–Crippen LogP) is 4.03. The number of amides is 1. The molecule has 0 aliphatic rings. The Bertz CT molecular complexity index is 877. The average Bonchev–Trinajstić information content (AvgIpc) is 2.75. The van der Waals surface area contributed by atoms with E-state index in [1.165, 1.54) is 39.0 Å². The van der Waals surface area contributed by atoms with Gasteiger partial charge >= 0.3 is 5.97 Å². The van der Waals surface area contributed by atoms with Crippen LogP contribution in [0.2, 0.25) is 0 Å². The fraction of sp³-hybridized carbons (Fsp3) is 0.304. The molecule has 2 aromatic rings. The van der Waals surface area contributed by atoms with Crippen LogP contribution >= 0.6 is 0 Å². The lowest BCUT2D eigenvalue weighted by Crippen LogP contribution is -2.20. The molecule has 0 aromatic heterocycles. The van der Waals surface area contributed by atoms with Gasteiger partial charge in [0, 0.05) is 11.8 Å². The molecule has 0 atom stereocenters. The van der Waals surface area contributed by atoms with Crippen LogP contribution in [0.15, 0.2) is 42.5 Å². The van der Waals surface area contributed by atoms with Gasteiger partial charge in [0.15, 0.2) is 18.1 Å². The number of esters is 1. The second-order valence-electron chi connectivity index (χ2n) is 6.72. The lowest BCUT2D eigenvalue weighted by Gasteiger charge is -2.12. The summed E-state index contributed by atoms with van der Waals surface area (Å²) < 4.78 is 20.8. The highest BCUT2D eigenvalue weighted by atomic mass is 16.5. The maximum absolute atomic E-state index is 12.0. The van der Waals surface area contributed by atoms with Crippen LogP contribution < -0.4 is 19.5 Å². The first kappa shape index (κ1) is 22.8. The molecule has 0 spiro atoms. The molecule has 160 valence electrons. The van der Waals surface area contributed by atoms with E-state index in [0.29, 0.717) is 34.4 Å². The van der Waals surface area contributed by atoms with E-state index in [4.69, 9.17) is 18.9 Å². The van der Waals surface area contributed by atoms with Crippen molar-refractivity contribution in [2.75, 3.05) is 33.3 Å². The standard InChI is InChI=1S/C23H27NO6/c1-15(2)17-7-9-18(10-8-17)24-21(25)14-30-22(26)11-6-16-12-19(27-3)23(29-5)20(13-16)28-4/h6-13,15H,14H2,1-5H3,(H,24,25). The molecule has 0 saturated heterocycles. The van der Waals surface area contributed by atoms with Gasteiger partial charge in [0.05, 0.1) is 21.3 Å². The molecule has 1 amide bonds. The zero-order chi connectivity index (χ0) is 22.1. The summed E-state index contributed by atoms with van der Waals surface area (Å²) in [4.78, 5) is 23.9. The molecular formula is C23H27NO6. The Labute approximate surface area is 176 Å². The van der Waals surface area contributed by atoms with E-state index < -0.39 is 11.9 Å². The fourth-order valence-corrected chi connectivity index (χ4v) is 2.70. The van der Waals surface area contributed by atoms with Crippen LogP contribution in [0.5, 0.6) is 17.2 Å². The van der Waals surface area contributed by atoms with E-state index in [9.17, 15) is 9.59 Å². The second-order valence-corrected chi connectivity index (χ2v) is 6.72. The summed E-state index contributed by atoms with van der Waals surface area (Å²) in [6.45, 7) is 3.81. The lowest BCUT2D eigenvalue weighted by molar-refractivity contribution is -0.142. The van der Waals surface area contributed by atoms with E-state index in [1.807, 2.05) is 24.3 Å². The van der Waals surface area contributed by atoms with E-state index in [0.717, 1.165) is 0 Å². The molecule has 7 heteroatoms. The number of hydrogen-bond donors (Lipinski definition) is 1. The third-order valence-electron chi connectivity index (χ3n) is 4.31. The molecule has 0 heterocycles. The first-order chi connectivity index (χ1) is 14.4. The number of carbonyl (C=O) groups excluding carboxylic acids is 2. The van der Waals surface area contributed by atoms with Crippen LogP contribution in [0.1, 0.15) is 30.9 Å². The lowest BCUT2D eigenvalue weighted by atomic mass is 10.0. The molecule has 2 aromatic carbocycles. The van der Waals surface area contributed by atoms with E-state index >= 15 is 0 Å². The summed E-state index contributed by atoms with van der Waals surface area (Å²) >= 11 is 0. The summed E-state index contributed by atoms with van der Waals surface area (Å²) in [5.74, 6) is 0.738. The monoisotopic (exact) mass is 413 g/mol. The quantitative estimate of drug-likeness (QED) is 0.494. The largest absolute Gasteiger partial charge is 0.493 e. The minimum atomic E-state index is -0.644. The molecule has 1 N–H and O–H groups in total. The van der Waals surface area contributed by atoms with Crippen LogP contribution in [0.25, 0.3) is 6.08 Å². The summed E-state index contributed by atoms with van der Waals surface area (Å²) in [5.41, 5.74) is 2.47. The van der Waals surface area contributed by atoms with Crippen molar-refractivity contribution in [2.45, 2.75) is 19.8 Å². The molecule has 2 rings (SSSR count). The number of nitrogens with one attached hydrogen (secondary N) is 1. The molecule has 0 aliphatic carbocycles. The summed E-state index contributed by atoms with van der Waals surface area (Å²) in [7, 11) is 4.53. The highest BCUT2D eigenvalue weighted by molar-refractivity contribution is 5.94. The van der Waals surface area contributed by atoms with Gasteiger partial charge in [-0.25, -0.2) is 4.79 Å². The van der Waals surface area contributed by atoms with Gasteiger partial charge in [-0.1, -0.05) is 26.0 Å². The van der Waals surface area contributed by atoms with Crippen molar-refractivity contribution < 1.29 is 28.5 Å². The van der Waals surface area contributed by atoms with Crippen molar-refractivity contribution in [2.24, 2.45) is 0 Å². The number of carbonyl (C=O) groups is 2. The zero-order valence-electron chi connectivity index (χ0n) is 17.9. The average molecular weight is 413 g/mol. The number of ether oxygens (including phenoxy) is 4. The van der Waals surface area contributed by atoms with Crippen LogP contribution in [-0.2, 0) is 14.3 Å². The van der Waals surface area contributed by atoms with E-state index in [-0.39, 0.29) is 6.61 Å². The topological polar surface area (TPSA) is 83.1 Å². The van der Waals surface area contributed by atoms with Gasteiger partial charge in [0.2, 0.25) is 5.75 Å². The van der Waals surface area contributed by atoms with Gasteiger partial charge in [0.25, 0.3) is 5.91 Å². The zero-order valence-corrected chi connectivity index (χ0v) is 17.9. The molecule has 30 heavy (non-hydrogen) atoms. The molecule has 0 saturated carbocycles. The first-order valence-corrected chi connectivity index (χ1v) is 9.42.